The molecule has 198 valence electrons. The van der Waals surface area contributed by atoms with Crippen LogP contribution in [0.3, 0.4) is 0 Å². The monoisotopic (exact) mass is 476 g/mol. The van der Waals surface area contributed by atoms with Gasteiger partial charge in [0.2, 0.25) is 0 Å². The molecule has 0 aliphatic rings. The fourth-order valence-corrected chi connectivity index (χ4v) is 5.52. The lowest BCUT2D eigenvalue weighted by Gasteiger charge is -2.36. The summed E-state index contributed by atoms with van der Waals surface area (Å²) >= 11 is 0. The van der Waals surface area contributed by atoms with Gasteiger partial charge in [-0.3, -0.25) is 0 Å². The standard InChI is InChI=1S/C28H56N6/c1-13-26(31-33-29)17-20(4)19(3)16-21(5)24(8)25(9)27(32-34-30)22(6)14-18(2)15-23(7)28(10,11)12/h18-27H,13-17H2,1-12H3. The SMILES string of the molecule is CCC(CC(C)C(C)CC(C)C(C)C(C)C(N=[N+]=[N-])C(C)CC(C)CC(C)C(C)(C)C)N=[N+]=[N-]. The molecule has 0 aliphatic heterocycles. The van der Waals surface area contributed by atoms with Crippen LogP contribution in [-0.4, -0.2) is 12.1 Å². The van der Waals surface area contributed by atoms with Crippen LogP contribution in [0.25, 0.3) is 20.9 Å². The van der Waals surface area contributed by atoms with Gasteiger partial charge < -0.3 is 0 Å². The van der Waals surface area contributed by atoms with Gasteiger partial charge in [-0.2, -0.15) is 0 Å². The molecule has 0 radical (unpaired) electrons. The molecule has 0 heterocycles. The van der Waals surface area contributed by atoms with Gasteiger partial charge in [0.25, 0.3) is 0 Å². The second-order valence-corrected chi connectivity index (χ2v) is 12.9. The summed E-state index contributed by atoms with van der Waals surface area (Å²) in [5.74, 6) is 4.06. The number of hydrogen-bond acceptors (Lipinski definition) is 2. The van der Waals surface area contributed by atoms with E-state index >= 15 is 0 Å². The predicted octanol–water partition coefficient (Wildman–Crippen LogP) is 10.4. The van der Waals surface area contributed by atoms with Crippen molar-refractivity contribution >= 4 is 0 Å². The third kappa shape index (κ3) is 11.4. The van der Waals surface area contributed by atoms with Crippen LogP contribution >= 0.6 is 0 Å². The third-order valence-electron chi connectivity index (χ3n) is 9.09. The maximum atomic E-state index is 9.33. The van der Waals surface area contributed by atoms with Gasteiger partial charge >= 0.3 is 0 Å². The lowest BCUT2D eigenvalue weighted by atomic mass is 9.71. The second-order valence-electron chi connectivity index (χ2n) is 12.9. The Morgan fingerprint density at radius 2 is 1.18 bits per heavy atom. The minimum atomic E-state index is 0.0250. The highest BCUT2D eigenvalue weighted by Gasteiger charge is 2.32. The highest BCUT2D eigenvalue weighted by molar-refractivity contribution is 4.86. The van der Waals surface area contributed by atoms with Crippen molar-refractivity contribution in [2.75, 3.05) is 0 Å². The van der Waals surface area contributed by atoms with Crippen LogP contribution in [0.2, 0.25) is 0 Å². The van der Waals surface area contributed by atoms with Gasteiger partial charge in [-0.05, 0) is 95.9 Å². The summed E-state index contributed by atoms with van der Waals surface area (Å²) in [4.78, 5) is 6.28. The molecule has 0 bridgehead atoms. The van der Waals surface area contributed by atoms with Crippen molar-refractivity contribution in [3.05, 3.63) is 20.9 Å². The van der Waals surface area contributed by atoms with Crippen molar-refractivity contribution in [2.45, 2.75) is 127 Å². The molecule has 0 spiro atoms. The average Bonchev–Trinajstić information content (AvgIpc) is 2.74. The Morgan fingerprint density at radius 3 is 1.65 bits per heavy atom. The highest BCUT2D eigenvalue weighted by atomic mass is 15.2. The van der Waals surface area contributed by atoms with Crippen molar-refractivity contribution in [1.82, 2.24) is 0 Å². The Labute approximate surface area is 211 Å². The average molecular weight is 477 g/mol. The summed E-state index contributed by atoms with van der Waals surface area (Å²) in [6.45, 7) is 27.6. The van der Waals surface area contributed by atoms with Crippen LogP contribution in [-0.2, 0) is 0 Å². The zero-order chi connectivity index (χ0) is 26.6. The lowest BCUT2D eigenvalue weighted by molar-refractivity contribution is 0.156. The maximum absolute atomic E-state index is 9.33. The first-order chi connectivity index (χ1) is 15.7. The minimum Gasteiger partial charge on any atom is -0.0906 e. The number of azide groups is 2. The van der Waals surface area contributed by atoms with E-state index in [2.05, 4.69) is 103 Å². The van der Waals surface area contributed by atoms with Crippen molar-refractivity contribution in [3.63, 3.8) is 0 Å². The van der Waals surface area contributed by atoms with E-state index in [9.17, 15) is 5.53 Å². The third-order valence-corrected chi connectivity index (χ3v) is 9.09. The summed E-state index contributed by atoms with van der Waals surface area (Å²) in [6, 6.07) is 0.115. The van der Waals surface area contributed by atoms with E-state index in [1.807, 2.05) is 0 Å². The van der Waals surface area contributed by atoms with Crippen molar-refractivity contribution < 1.29 is 0 Å². The van der Waals surface area contributed by atoms with Gasteiger partial charge in [0, 0.05) is 21.9 Å². The molecule has 0 rings (SSSR count). The van der Waals surface area contributed by atoms with Crippen LogP contribution in [0.5, 0.6) is 0 Å². The van der Waals surface area contributed by atoms with E-state index in [1.165, 1.54) is 6.42 Å². The van der Waals surface area contributed by atoms with Gasteiger partial charge in [-0.1, -0.05) is 93.3 Å². The normalized spacial score (nSPS) is 20.9. The Kier molecular flexibility index (Phi) is 14.9. The molecule has 0 aliphatic carbocycles. The molecule has 0 saturated carbocycles. The lowest BCUT2D eigenvalue weighted by Crippen LogP contribution is -2.33. The Morgan fingerprint density at radius 1 is 0.647 bits per heavy atom. The van der Waals surface area contributed by atoms with Gasteiger partial charge in [0.15, 0.2) is 0 Å². The summed E-state index contributed by atoms with van der Waals surface area (Å²) in [7, 11) is 0. The first-order valence-corrected chi connectivity index (χ1v) is 13.8. The van der Waals surface area contributed by atoms with Crippen molar-refractivity contribution in [2.24, 2.45) is 63.0 Å². The summed E-state index contributed by atoms with van der Waals surface area (Å²) in [5, 5.41) is 8.29. The molecular weight excluding hydrogens is 420 g/mol. The van der Waals surface area contributed by atoms with Gasteiger partial charge in [0.1, 0.15) is 0 Å². The molecule has 6 heteroatoms. The first-order valence-electron chi connectivity index (χ1n) is 13.8. The molecule has 0 N–H and O–H groups in total. The Hall–Kier alpha value is -1.38. The molecule has 10 atom stereocenters. The second kappa shape index (κ2) is 15.6. The van der Waals surface area contributed by atoms with E-state index < -0.39 is 0 Å². The Balaban J connectivity index is 5.13. The molecule has 0 aromatic rings. The quantitative estimate of drug-likeness (QED) is 0.120. The predicted molar refractivity (Wildman–Crippen MR) is 147 cm³/mol. The maximum Gasteiger partial charge on any atom is 0.0428 e. The zero-order valence-electron chi connectivity index (χ0n) is 24.5. The van der Waals surface area contributed by atoms with E-state index in [4.69, 9.17) is 5.53 Å². The smallest absolute Gasteiger partial charge is 0.0428 e. The van der Waals surface area contributed by atoms with Gasteiger partial charge in [-0.25, -0.2) is 0 Å². The van der Waals surface area contributed by atoms with Crippen LogP contribution in [0, 0.1) is 52.8 Å². The van der Waals surface area contributed by atoms with E-state index in [0.29, 0.717) is 52.8 Å². The fraction of sp³-hybridized carbons (Fsp3) is 1.00. The first kappa shape index (κ1) is 32.6. The van der Waals surface area contributed by atoms with Crippen LogP contribution in [0.15, 0.2) is 10.2 Å². The Bertz CT molecular complexity index is 658. The van der Waals surface area contributed by atoms with Crippen molar-refractivity contribution in [1.29, 1.82) is 0 Å². The van der Waals surface area contributed by atoms with Gasteiger partial charge in [-0.15, -0.1) is 0 Å². The van der Waals surface area contributed by atoms with E-state index in [-0.39, 0.29) is 12.1 Å². The van der Waals surface area contributed by atoms with Gasteiger partial charge in [0.05, 0.1) is 0 Å². The summed E-state index contributed by atoms with van der Waals surface area (Å²) < 4.78 is 0. The molecular formula is C28H56N6. The number of nitrogens with zero attached hydrogens (tertiary/aromatic N) is 6. The van der Waals surface area contributed by atoms with Crippen molar-refractivity contribution in [3.8, 4) is 0 Å². The topological polar surface area (TPSA) is 97.5 Å². The molecule has 10 unspecified atom stereocenters. The molecule has 0 amide bonds. The zero-order valence-corrected chi connectivity index (χ0v) is 24.5. The molecule has 0 aromatic carbocycles. The van der Waals surface area contributed by atoms with Crippen LogP contribution in [0.1, 0.15) is 115 Å². The molecule has 6 nitrogen and oxygen atoms in total. The molecule has 34 heavy (non-hydrogen) atoms. The van der Waals surface area contributed by atoms with Crippen LogP contribution < -0.4 is 0 Å². The highest BCUT2D eigenvalue weighted by Crippen LogP contribution is 2.37. The minimum absolute atomic E-state index is 0.0250. The largest absolute Gasteiger partial charge is 0.0906 e. The van der Waals surface area contributed by atoms with E-state index in [1.54, 1.807) is 0 Å². The summed E-state index contributed by atoms with van der Waals surface area (Å²) in [6.07, 6.45) is 5.28. The molecule has 0 saturated heterocycles. The molecule has 0 fully saturated rings. The van der Waals surface area contributed by atoms with Crippen LogP contribution in [0.4, 0.5) is 0 Å². The number of hydrogen-bond donors (Lipinski definition) is 0. The summed E-state index contributed by atoms with van der Waals surface area (Å²) in [5.41, 5.74) is 18.5. The number of rotatable bonds is 16. The molecule has 0 aromatic heterocycles. The van der Waals surface area contributed by atoms with E-state index in [0.717, 1.165) is 25.7 Å². The fourth-order valence-electron chi connectivity index (χ4n) is 5.52.